The van der Waals surface area contributed by atoms with Gasteiger partial charge in [-0.25, -0.2) is 4.98 Å². The maximum Gasteiger partial charge on any atom is 0.229 e. The van der Waals surface area contributed by atoms with Gasteiger partial charge in [0.15, 0.2) is 0 Å². The minimum Gasteiger partial charge on any atom is -0.379 e. The van der Waals surface area contributed by atoms with E-state index in [0.717, 1.165) is 50.9 Å². The topological polar surface area (TPSA) is 62.3 Å². The summed E-state index contributed by atoms with van der Waals surface area (Å²) in [5.41, 5.74) is 3.43. The Labute approximate surface area is 143 Å². The predicted molar refractivity (Wildman–Crippen MR) is 97.0 cm³/mol. The first kappa shape index (κ1) is 16.7. The van der Waals surface area contributed by atoms with Crippen LogP contribution in [-0.4, -0.2) is 54.3 Å². The van der Waals surface area contributed by atoms with Gasteiger partial charge in [0.2, 0.25) is 5.95 Å². The van der Waals surface area contributed by atoms with Crippen LogP contribution in [0.3, 0.4) is 0 Å². The number of anilines is 3. The van der Waals surface area contributed by atoms with E-state index in [0.29, 0.717) is 5.95 Å². The molecule has 0 radical (unpaired) electrons. The Morgan fingerprint density at radius 2 is 2.00 bits per heavy atom. The fourth-order valence-corrected chi connectivity index (χ4v) is 2.68. The van der Waals surface area contributed by atoms with E-state index in [2.05, 4.69) is 57.5 Å². The molecule has 2 aromatic rings. The van der Waals surface area contributed by atoms with Crippen molar-refractivity contribution in [3.8, 4) is 0 Å². The van der Waals surface area contributed by atoms with Gasteiger partial charge >= 0.3 is 0 Å². The number of aryl methyl sites for hydroxylation is 2. The summed E-state index contributed by atoms with van der Waals surface area (Å²) in [4.78, 5) is 11.3. The first-order valence-corrected chi connectivity index (χ1v) is 8.42. The van der Waals surface area contributed by atoms with E-state index in [-0.39, 0.29) is 0 Å². The molecule has 1 aliphatic rings. The zero-order chi connectivity index (χ0) is 16.8. The Bertz CT molecular complexity index is 670. The standard InChI is InChI=1S/C18H25N5O/c1-14-3-4-15(2)16(13-14)21-18-20-6-5-17(22-18)19-7-8-23-9-11-24-12-10-23/h3-6,13H,7-12H2,1-2H3,(H2,19,20,21,22). The highest BCUT2D eigenvalue weighted by Crippen LogP contribution is 2.20. The van der Waals surface area contributed by atoms with Gasteiger partial charge < -0.3 is 15.4 Å². The molecule has 0 saturated carbocycles. The number of benzene rings is 1. The van der Waals surface area contributed by atoms with Crippen molar-refractivity contribution in [2.75, 3.05) is 50.0 Å². The Kier molecular flexibility index (Phi) is 5.61. The third-order valence-corrected chi connectivity index (χ3v) is 4.13. The van der Waals surface area contributed by atoms with Crippen LogP contribution in [0.1, 0.15) is 11.1 Å². The molecular formula is C18H25N5O. The lowest BCUT2D eigenvalue weighted by Crippen LogP contribution is -2.39. The monoisotopic (exact) mass is 327 g/mol. The molecule has 1 saturated heterocycles. The van der Waals surface area contributed by atoms with Crippen molar-refractivity contribution < 1.29 is 4.74 Å². The quantitative estimate of drug-likeness (QED) is 0.850. The van der Waals surface area contributed by atoms with Crippen LogP contribution in [-0.2, 0) is 4.74 Å². The van der Waals surface area contributed by atoms with Gasteiger partial charge in [0.25, 0.3) is 0 Å². The van der Waals surface area contributed by atoms with Crippen molar-refractivity contribution in [3.05, 3.63) is 41.6 Å². The van der Waals surface area contributed by atoms with E-state index in [1.54, 1.807) is 6.20 Å². The number of ether oxygens (including phenoxy) is 1. The van der Waals surface area contributed by atoms with Crippen LogP contribution >= 0.6 is 0 Å². The van der Waals surface area contributed by atoms with Crippen molar-refractivity contribution in [1.29, 1.82) is 0 Å². The second-order valence-electron chi connectivity index (χ2n) is 6.09. The van der Waals surface area contributed by atoms with Crippen molar-refractivity contribution in [3.63, 3.8) is 0 Å². The first-order chi connectivity index (χ1) is 11.7. The number of nitrogens with one attached hydrogen (secondary N) is 2. The Morgan fingerprint density at radius 3 is 2.83 bits per heavy atom. The third-order valence-electron chi connectivity index (χ3n) is 4.13. The van der Waals surface area contributed by atoms with E-state index >= 15 is 0 Å². The Balaban J connectivity index is 1.56. The van der Waals surface area contributed by atoms with Crippen LogP contribution in [0.5, 0.6) is 0 Å². The average Bonchev–Trinajstić information content (AvgIpc) is 2.60. The second kappa shape index (κ2) is 8.08. The highest BCUT2D eigenvalue weighted by molar-refractivity contribution is 5.60. The predicted octanol–water partition coefficient (Wildman–Crippen LogP) is 2.58. The molecule has 0 amide bonds. The molecule has 2 heterocycles. The van der Waals surface area contributed by atoms with E-state index in [1.165, 1.54) is 11.1 Å². The van der Waals surface area contributed by atoms with E-state index in [9.17, 15) is 0 Å². The molecule has 1 aliphatic heterocycles. The highest BCUT2D eigenvalue weighted by Gasteiger charge is 2.09. The lowest BCUT2D eigenvalue weighted by Gasteiger charge is -2.26. The average molecular weight is 327 g/mol. The summed E-state index contributed by atoms with van der Waals surface area (Å²) in [6.07, 6.45) is 1.78. The van der Waals surface area contributed by atoms with Gasteiger partial charge in [-0.15, -0.1) is 0 Å². The highest BCUT2D eigenvalue weighted by atomic mass is 16.5. The zero-order valence-corrected chi connectivity index (χ0v) is 14.4. The largest absolute Gasteiger partial charge is 0.379 e. The Morgan fingerprint density at radius 1 is 1.17 bits per heavy atom. The molecule has 2 N–H and O–H groups in total. The summed E-state index contributed by atoms with van der Waals surface area (Å²) in [5, 5.41) is 6.67. The van der Waals surface area contributed by atoms with Gasteiger partial charge in [-0.3, -0.25) is 4.90 Å². The van der Waals surface area contributed by atoms with Crippen molar-refractivity contribution in [1.82, 2.24) is 14.9 Å². The molecule has 128 valence electrons. The normalized spacial score (nSPS) is 15.2. The second-order valence-corrected chi connectivity index (χ2v) is 6.09. The smallest absolute Gasteiger partial charge is 0.229 e. The SMILES string of the molecule is Cc1ccc(C)c(Nc2nccc(NCCN3CCOCC3)n2)c1. The summed E-state index contributed by atoms with van der Waals surface area (Å²) < 4.78 is 5.36. The summed E-state index contributed by atoms with van der Waals surface area (Å²) in [5.74, 6) is 1.45. The molecule has 0 unspecified atom stereocenters. The summed E-state index contributed by atoms with van der Waals surface area (Å²) >= 11 is 0. The maximum absolute atomic E-state index is 5.36. The van der Waals surface area contributed by atoms with E-state index in [1.807, 2.05) is 6.07 Å². The molecule has 0 atom stereocenters. The van der Waals surface area contributed by atoms with Crippen molar-refractivity contribution in [2.45, 2.75) is 13.8 Å². The van der Waals surface area contributed by atoms with Crippen LogP contribution in [0, 0.1) is 13.8 Å². The fourth-order valence-electron chi connectivity index (χ4n) is 2.68. The molecule has 0 aliphatic carbocycles. The minimum atomic E-state index is 0.611. The first-order valence-electron chi connectivity index (χ1n) is 8.42. The molecule has 0 spiro atoms. The van der Waals surface area contributed by atoms with Crippen LogP contribution < -0.4 is 10.6 Å². The van der Waals surface area contributed by atoms with Crippen LogP contribution in [0.2, 0.25) is 0 Å². The summed E-state index contributed by atoms with van der Waals surface area (Å²) in [7, 11) is 0. The summed E-state index contributed by atoms with van der Waals surface area (Å²) in [6, 6.07) is 8.21. The van der Waals surface area contributed by atoms with Crippen LogP contribution in [0.15, 0.2) is 30.5 Å². The fraction of sp³-hybridized carbons (Fsp3) is 0.444. The third kappa shape index (κ3) is 4.66. The van der Waals surface area contributed by atoms with Crippen LogP contribution in [0.25, 0.3) is 0 Å². The molecule has 1 aromatic heterocycles. The number of hydrogen-bond donors (Lipinski definition) is 2. The number of aromatic nitrogens is 2. The molecule has 1 fully saturated rings. The molecule has 3 rings (SSSR count). The van der Waals surface area contributed by atoms with Gasteiger partial charge in [-0.05, 0) is 37.1 Å². The number of rotatable bonds is 6. The lowest BCUT2D eigenvalue weighted by atomic mass is 10.1. The molecule has 0 bridgehead atoms. The summed E-state index contributed by atoms with van der Waals surface area (Å²) in [6.45, 7) is 9.68. The van der Waals surface area contributed by atoms with Gasteiger partial charge in [-0.1, -0.05) is 12.1 Å². The zero-order valence-electron chi connectivity index (χ0n) is 14.4. The van der Waals surface area contributed by atoms with Crippen molar-refractivity contribution >= 4 is 17.5 Å². The molecule has 6 heteroatoms. The number of nitrogens with zero attached hydrogens (tertiary/aromatic N) is 3. The maximum atomic E-state index is 5.36. The van der Waals surface area contributed by atoms with E-state index in [4.69, 9.17) is 4.74 Å². The van der Waals surface area contributed by atoms with Crippen molar-refractivity contribution in [2.24, 2.45) is 0 Å². The Hall–Kier alpha value is -2.18. The van der Waals surface area contributed by atoms with Gasteiger partial charge in [0.05, 0.1) is 13.2 Å². The van der Waals surface area contributed by atoms with Gasteiger partial charge in [0, 0.05) is 38.1 Å². The van der Waals surface area contributed by atoms with Gasteiger partial charge in [-0.2, -0.15) is 4.98 Å². The number of morpholine rings is 1. The van der Waals surface area contributed by atoms with E-state index < -0.39 is 0 Å². The minimum absolute atomic E-state index is 0.611. The molecule has 24 heavy (non-hydrogen) atoms. The van der Waals surface area contributed by atoms with Gasteiger partial charge in [0.1, 0.15) is 5.82 Å². The molecular weight excluding hydrogens is 302 g/mol. The van der Waals surface area contributed by atoms with Crippen LogP contribution in [0.4, 0.5) is 17.5 Å². The number of hydrogen-bond acceptors (Lipinski definition) is 6. The lowest BCUT2D eigenvalue weighted by molar-refractivity contribution is 0.0398. The molecule has 6 nitrogen and oxygen atoms in total. The molecule has 1 aromatic carbocycles.